The lowest BCUT2D eigenvalue weighted by molar-refractivity contribution is 0.397. The van der Waals surface area contributed by atoms with E-state index in [4.69, 9.17) is 5.73 Å². The van der Waals surface area contributed by atoms with Gasteiger partial charge in [-0.15, -0.1) is 11.3 Å². The molecular formula is C8H15N3S. The topological polar surface area (TPSA) is 42.1 Å². The number of rotatable bonds is 3. The first-order valence-electron chi connectivity index (χ1n) is 3.94. The van der Waals surface area contributed by atoms with Gasteiger partial charge in [-0.1, -0.05) is 0 Å². The maximum atomic E-state index is 5.69. The third-order valence-electron chi connectivity index (χ3n) is 1.44. The fraction of sp³-hybridized carbons (Fsp3) is 0.625. The van der Waals surface area contributed by atoms with E-state index in [9.17, 15) is 0 Å². The van der Waals surface area contributed by atoms with Crippen LogP contribution < -0.4 is 5.73 Å². The van der Waals surface area contributed by atoms with E-state index in [2.05, 4.69) is 15.3 Å². The Bertz CT molecular complexity index is 242. The van der Waals surface area contributed by atoms with Gasteiger partial charge in [-0.2, -0.15) is 0 Å². The normalized spacial score (nSPS) is 13.8. The summed E-state index contributed by atoms with van der Waals surface area (Å²) in [6, 6.07) is 0.0610. The van der Waals surface area contributed by atoms with E-state index < -0.39 is 0 Å². The van der Waals surface area contributed by atoms with Gasteiger partial charge in [0.2, 0.25) is 0 Å². The molecule has 1 unspecified atom stereocenters. The first-order chi connectivity index (χ1) is 5.59. The number of hydrogen-bond donors (Lipinski definition) is 1. The van der Waals surface area contributed by atoms with Crippen LogP contribution >= 0.6 is 11.3 Å². The van der Waals surface area contributed by atoms with Crippen molar-refractivity contribution in [3.05, 3.63) is 16.1 Å². The number of thiazole rings is 1. The Labute approximate surface area is 77.2 Å². The third kappa shape index (κ3) is 2.55. The van der Waals surface area contributed by atoms with Gasteiger partial charge in [0.1, 0.15) is 5.01 Å². The van der Waals surface area contributed by atoms with Gasteiger partial charge in [0.05, 0.1) is 11.7 Å². The highest BCUT2D eigenvalue weighted by Gasteiger charge is 2.05. The smallest absolute Gasteiger partial charge is 0.109 e. The van der Waals surface area contributed by atoms with E-state index in [1.54, 1.807) is 11.3 Å². The Balaban J connectivity index is 2.64. The molecule has 68 valence electrons. The summed E-state index contributed by atoms with van der Waals surface area (Å²) in [4.78, 5) is 6.50. The summed E-state index contributed by atoms with van der Waals surface area (Å²) in [5.41, 5.74) is 6.80. The summed E-state index contributed by atoms with van der Waals surface area (Å²) < 4.78 is 0. The Morgan fingerprint density at radius 1 is 1.67 bits per heavy atom. The summed E-state index contributed by atoms with van der Waals surface area (Å²) in [5, 5.41) is 3.09. The Kier molecular flexibility index (Phi) is 3.20. The van der Waals surface area contributed by atoms with Gasteiger partial charge >= 0.3 is 0 Å². The van der Waals surface area contributed by atoms with Gasteiger partial charge in [0.25, 0.3) is 0 Å². The highest BCUT2D eigenvalue weighted by Crippen LogP contribution is 2.16. The minimum Gasteiger partial charge on any atom is -0.322 e. The maximum Gasteiger partial charge on any atom is 0.109 e. The summed E-state index contributed by atoms with van der Waals surface area (Å²) in [6.07, 6.45) is 0. The molecule has 0 aliphatic rings. The largest absolute Gasteiger partial charge is 0.322 e. The second kappa shape index (κ2) is 3.98. The van der Waals surface area contributed by atoms with Crippen LogP contribution in [0.4, 0.5) is 0 Å². The molecule has 0 saturated carbocycles. The van der Waals surface area contributed by atoms with E-state index in [0.717, 1.165) is 17.2 Å². The van der Waals surface area contributed by atoms with Crippen LogP contribution in [-0.4, -0.2) is 24.0 Å². The molecule has 3 nitrogen and oxygen atoms in total. The summed E-state index contributed by atoms with van der Waals surface area (Å²) in [5.74, 6) is 0. The molecule has 0 aromatic carbocycles. The van der Waals surface area contributed by atoms with Crippen molar-refractivity contribution in [1.29, 1.82) is 0 Å². The number of nitrogens with two attached hydrogens (primary N) is 1. The fourth-order valence-corrected chi connectivity index (χ4v) is 1.70. The van der Waals surface area contributed by atoms with Crippen molar-refractivity contribution >= 4 is 11.3 Å². The van der Waals surface area contributed by atoms with Crippen LogP contribution in [-0.2, 0) is 6.54 Å². The highest BCUT2D eigenvalue weighted by atomic mass is 32.1. The summed E-state index contributed by atoms with van der Waals surface area (Å²) in [7, 11) is 4.07. The van der Waals surface area contributed by atoms with Crippen LogP contribution in [0.15, 0.2) is 5.38 Å². The zero-order valence-electron chi connectivity index (χ0n) is 7.74. The quantitative estimate of drug-likeness (QED) is 0.770. The molecule has 0 spiro atoms. The number of aromatic nitrogens is 1. The van der Waals surface area contributed by atoms with Gasteiger partial charge in [0.15, 0.2) is 0 Å². The van der Waals surface area contributed by atoms with Crippen molar-refractivity contribution in [3.8, 4) is 0 Å². The zero-order valence-corrected chi connectivity index (χ0v) is 8.56. The van der Waals surface area contributed by atoms with Crippen molar-refractivity contribution in [2.24, 2.45) is 5.73 Å². The standard InChI is InChI=1S/C8H15N3S/c1-6(9)8-10-7(5-12-8)4-11(2)3/h5-6H,4,9H2,1-3H3. The first-order valence-corrected chi connectivity index (χ1v) is 4.82. The fourth-order valence-electron chi connectivity index (χ4n) is 0.928. The van der Waals surface area contributed by atoms with Crippen molar-refractivity contribution in [3.63, 3.8) is 0 Å². The minimum absolute atomic E-state index is 0.0610. The van der Waals surface area contributed by atoms with Crippen LogP contribution in [0.1, 0.15) is 23.7 Å². The predicted octanol–water partition coefficient (Wildman–Crippen LogP) is 1.22. The average molecular weight is 185 g/mol. The highest BCUT2D eigenvalue weighted by molar-refractivity contribution is 7.09. The van der Waals surface area contributed by atoms with Crippen LogP contribution in [0, 0.1) is 0 Å². The molecular weight excluding hydrogens is 170 g/mol. The molecule has 12 heavy (non-hydrogen) atoms. The molecule has 0 saturated heterocycles. The molecule has 0 aliphatic carbocycles. The molecule has 1 aromatic rings. The molecule has 4 heteroatoms. The minimum atomic E-state index is 0.0610. The second-order valence-corrected chi connectivity index (χ2v) is 4.09. The molecule has 0 fully saturated rings. The van der Waals surface area contributed by atoms with E-state index >= 15 is 0 Å². The molecule has 1 atom stereocenters. The van der Waals surface area contributed by atoms with Crippen LogP contribution in [0.3, 0.4) is 0 Å². The third-order valence-corrected chi connectivity index (χ3v) is 2.53. The number of hydrogen-bond acceptors (Lipinski definition) is 4. The van der Waals surface area contributed by atoms with E-state index in [1.807, 2.05) is 21.0 Å². The predicted molar refractivity (Wildman–Crippen MR) is 52.1 cm³/mol. The van der Waals surface area contributed by atoms with Crippen molar-refractivity contribution in [2.45, 2.75) is 19.5 Å². The second-order valence-electron chi connectivity index (χ2n) is 3.20. The molecule has 1 heterocycles. The molecule has 0 aliphatic heterocycles. The maximum absolute atomic E-state index is 5.69. The number of nitrogens with zero attached hydrogens (tertiary/aromatic N) is 2. The lowest BCUT2D eigenvalue weighted by Gasteiger charge is -2.05. The van der Waals surface area contributed by atoms with E-state index in [-0.39, 0.29) is 6.04 Å². The van der Waals surface area contributed by atoms with Crippen molar-refractivity contribution in [2.75, 3.05) is 14.1 Å². The molecule has 2 N–H and O–H groups in total. The SMILES string of the molecule is CC(N)c1nc(CN(C)C)cs1. The molecule has 1 rings (SSSR count). The summed E-state index contributed by atoms with van der Waals surface area (Å²) in [6.45, 7) is 2.85. The lowest BCUT2D eigenvalue weighted by Crippen LogP contribution is -2.11. The van der Waals surface area contributed by atoms with E-state index in [0.29, 0.717) is 0 Å². The molecule has 1 aromatic heterocycles. The van der Waals surface area contributed by atoms with Gasteiger partial charge in [-0.25, -0.2) is 4.98 Å². The van der Waals surface area contributed by atoms with Gasteiger partial charge in [-0.05, 0) is 21.0 Å². The molecule has 0 bridgehead atoms. The van der Waals surface area contributed by atoms with Crippen molar-refractivity contribution < 1.29 is 0 Å². The molecule has 0 amide bonds. The van der Waals surface area contributed by atoms with Gasteiger partial charge in [-0.3, -0.25) is 0 Å². The summed E-state index contributed by atoms with van der Waals surface area (Å²) >= 11 is 1.64. The first kappa shape index (κ1) is 9.64. The Morgan fingerprint density at radius 3 is 2.75 bits per heavy atom. The Morgan fingerprint density at radius 2 is 2.33 bits per heavy atom. The van der Waals surface area contributed by atoms with Crippen LogP contribution in [0.2, 0.25) is 0 Å². The monoisotopic (exact) mass is 185 g/mol. The zero-order chi connectivity index (χ0) is 9.14. The van der Waals surface area contributed by atoms with Gasteiger partial charge < -0.3 is 10.6 Å². The van der Waals surface area contributed by atoms with E-state index in [1.165, 1.54) is 0 Å². The van der Waals surface area contributed by atoms with Crippen LogP contribution in [0.5, 0.6) is 0 Å². The Hall–Kier alpha value is -0.450. The average Bonchev–Trinajstić information content (AvgIpc) is 2.34. The molecule has 0 radical (unpaired) electrons. The lowest BCUT2D eigenvalue weighted by atomic mass is 10.4. The van der Waals surface area contributed by atoms with Gasteiger partial charge in [0, 0.05) is 11.9 Å². The van der Waals surface area contributed by atoms with Crippen molar-refractivity contribution in [1.82, 2.24) is 9.88 Å². The van der Waals surface area contributed by atoms with Crippen LogP contribution in [0.25, 0.3) is 0 Å².